The van der Waals surface area contributed by atoms with Crippen LogP contribution in [0.15, 0.2) is 54.9 Å². The number of carbonyl (C=O) groups is 1. The van der Waals surface area contributed by atoms with E-state index in [1.807, 2.05) is 6.20 Å². The highest BCUT2D eigenvalue weighted by molar-refractivity contribution is 6.74. The number of nitrogens with zero attached hydrogens (tertiary/aromatic N) is 3. The molecule has 1 aromatic heterocycles. The molecule has 254 valence electrons. The first-order chi connectivity index (χ1) is 22.4. The Morgan fingerprint density at radius 3 is 2.30 bits per heavy atom. The topological polar surface area (TPSA) is 56.6 Å². The first-order valence-electron chi connectivity index (χ1n) is 18.2. The molecular formula is C40H57N3O3Si. The number of hydrogen-bond donors (Lipinski definition) is 0. The van der Waals surface area contributed by atoms with Crippen LogP contribution < -0.4 is 9.64 Å². The Bertz CT molecular complexity index is 1520. The zero-order chi connectivity index (χ0) is 33.3. The van der Waals surface area contributed by atoms with Crippen molar-refractivity contribution in [3.8, 4) is 16.9 Å². The molecule has 3 aliphatic carbocycles. The number of amides is 1. The summed E-state index contributed by atoms with van der Waals surface area (Å²) in [4.78, 5) is 16.7. The largest absolute Gasteiger partial charge is 0.496 e. The lowest BCUT2D eigenvalue weighted by atomic mass is 9.78. The molecule has 0 spiro atoms. The number of ether oxygens (including phenoxy) is 1. The van der Waals surface area contributed by atoms with Gasteiger partial charge in [0, 0.05) is 36.0 Å². The molecule has 6 rings (SSSR count). The first kappa shape index (κ1) is 34.0. The summed E-state index contributed by atoms with van der Waals surface area (Å²) in [5.41, 5.74) is 5.92. The molecule has 0 bridgehead atoms. The molecule has 0 N–H and O–H groups in total. The number of anilines is 1. The maximum absolute atomic E-state index is 14.5. The van der Waals surface area contributed by atoms with Crippen molar-refractivity contribution in [1.29, 1.82) is 0 Å². The van der Waals surface area contributed by atoms with E-state index in [4.69, 9.17) is 9.16 Å². The minimum absolute atomic E-state index is 0.0501. The van der Waals surface area contributed by atoms with E-state index in [-0.39, 0.29) is 17.1 Å². The van der Waals surface area contributed by atoms with Crippen molar-refractivity contribution in [3.05, 3.63) is 66.0 Å². The molecule has 47 heavy (non-hydrogen) atoms. The van der Waals surface area contributed by atoms with Gasteiger partial charge in [0.2, 0.25) is 5.91 Å². The normalized spacial score (nSPS) is 23.8. The van der Waals surface area contributed by atoms with Gasteiger partial charge >= 0.3 is 0 Å². The van der Waals surface area contributed by atoms with Gasteiger partial charge in [0.05, 0.1) is 19.3 Å². The summed E-state index contributed by atoms with van der Waals surface area (Å²) < 4.78 is 14.4. The van der Waals surface area contributed by atoms with Gasteiger partial charge in [-0.15, -0.1) is 0 Å². The highest BCUT2D eigenvalue weighted by Crippen LogP contribution is 2.42. The predicted molar refractivity (Wildman–Crippen MR) is 195 cm³/mol. The highest BCUT2D eigenvalue weighted by atomic mass is 28.4. The molecular weight excluding hydrogens is 599 g/mol. The van der Waals surface area contributed by atoms with E-state index in [0.29, 0.717) is 23.8 Å². The Morgan fingerprint density at radius 1 is 0.936 bits per heavy atom. The quantitative estimate of drug-likeness (QED) is 0.204. The first-order valence-corrected chi connectivity index (χ1v) is 21.1. The van der Waals surface area contributed by atoms with Crippen LogP contribution in [-0.2, 0) is 9.22 Å². The van der Waals surface area contributed by atoms with Crippen LogP contribution in [-0.4, -0.2) is 43.8 Å². The lowest BCUT2D eigenvalue weighted by Gasteiger charge is -2.41. The number of carbonyl (C=O) groups excluding carboxylic acids is 1. The fourth-order valence-electron chi connectivity index (χ4n) is 7.54. The van der Waals surface area contributed by atoms with Crippen molar-refractivity contribution in [2.45, 2.75) is 128 Å². The second-order valence-corrected chi connectivity index (χ2v) is 21.0. The summed E-state index contributed by atoms with van der Waals surface area (Å²) in [6, 6.07) is 15.9. The third-order valence-electron chi connectivity index (χ3n) is 11.7. The lowest BCUT2D eigenvalue weighted by Crippen LogP contribution is -2.46. The maximum atomic E-state index is 14.5. The maximum Gasteiger partial charge on any atom is 0.230 e. The molecule has 1 amide bonds. The summed E-state index contributed by atoms with van der Waals surface area (Å²) in [7, 11) is -0.0905. The van der Waals surface area contributed by atoms with Gasteiger partial charge in [0.25, 0.3) is 0 Å². The molecule has 0 radical (unpaired) electrons. The van der Waals surface area contributed by atoms with Crippen molar-refractivity contribution in [3.63, 3.8) is 0 Å². The standard InChI is InChI=1S/C40H57N3O3Si/c1-28-23-33(17-22-38(28)45-5)30-13-11-29(12-14-30)26-42(36-10-8-9-32(24-36)34-25-41-43(27-34)35-18-19-35)39(44)31-15-20-37(21-16-31)46-47(6,7)40(2,3)4/h8-10,17,22-25,27,29-31,35,37H,11-16,18-21,26H2,1-7H3/t29-,30-,31-,37-. The average molecular weight is 656 g/mol. The van der Waals surface area contributed by atoms with Gasteiger partial charge in [0.15, 0.2) is 8.32 Å². The molecule has 6 nitrogen and oxygen atoms in total. The monoisotopic (exact) mass is 655 g/mol. The van der Waals surface area contributed by atoms with E-state index in [9.17, 15) is 4.79 Å². The highest BCUT2D eigenvalue weighted by Gasteiger charge is 2.41. The Balaban J connectivity index is 1.17. The van der Waals surface area contributed by atoms with Crippen LogP contribution in [0.25, 0.3) is 11.1 Å². The number of hydrogen-bond acceptors (Lipinski definition) is 4. The number of rotatable bonds is 10. The van der Waals surface area contributed by atoms with Crippen LogP contribution in [0.1, 0.15) is 108 Å². The summed E-state index contributed by atoms with van der Waals surface area (Å²) in [6.07, 6.45) is 15.2. The van der Waals surface area contributed by atoms with Gasteiger partial charge in [-0.05, 0) is 136 Å². The summed E-state index contributed by atoms with van der Waals surface area (Å²) in [5.74, 6) is 2.37. The van der Waals surface area contributed by atoms with E-state index in [1.165, 1.54) is 24.0 Å². The Hall–Kier alpha value is -2.90. The van der Waals surface area contributed by atoms with E-state index in [1.54, 1.807) is 7.11 Å². The van der Waals surface area contributed by atoms with Crippen molar-refractivity contribution in [1.82, 2.24) is 9.78 Å². The van der Waals surface area contributed by atoms with Crippen LogP contribution in [0, 0.1) is 18.8 Å². The van der Waals surface area contributed by atoms with Gasteiger partial charge < -0.3 is 14.1 Å². The third kappa shape index (κ3) is 7.88. The zero-order valence-electron chi connectivity index (χ0n) is 29.9. The fraction of sp³-hybridized carbons (Fsp3) is 0.600. The molecule has 1 heterocycles. The SMILES string of the molecule is COc1ccc([C@H]2CC[C@H](CN(c3cccc(-c4cnn(C5CC5)c4)c3)C(=O)[C@H]3CC[C@H](O[Si](C)(C)C(C)(C)C)CC3)CC2)cc1C. The predicted octanol–water partition coefficient (Wildman–Crippen LogP) is 10.1. The molecule has 0 aliphatic heterocycles. The number of aromatic nitrogens is 2. The molecule has 0 atom stereocenters. The number of aryl methyl sites for hydroxylation is 1. The molecule has 0 unspecified atom stereocenters. The van der Waals surface area contributed by atoms with Crippen molar-refractivity contribution in [2.75, 3.05) is 18.6 Å². The van der Waals surface area contributed by atoms with Gasteiger partial charge in [-0.3, -0.25) is 9.48 Å². The van der Waals surface area contributed by atoms with E-state index < -0.39 is 8.32 Å². The van der Waals surface area contributed by atoms with Crippen molar-refractivity contribution >= 4 is 19.9 Å². The second-order valence-electron chi connectivity index (χ2n) is 16.2. The van der Waals surface area contributed by atoms with Crippen LogP contribution in [0.5, 0.6) is 5.75 Å². The Kier molecular flexibility index (Phi) is 10.1. The van der Waals surface area contributed by atoms with E-state index in [0.717, 1.165) is 80.5 Å². The number of methoxy groups -OCH3 is 1. The van der Waals surface area contributed by atoms with Gasteiger partial charge in [-0.2, -0.15) is 5.10 Å². The molecule has 3 fully saturated rings. The minimum atomic E-state index is -1.83. The molecule has 3 aliphatic rings. The summed E-state index contributed by atoms with van der Waals surface area (Å²) in [5, 5.41) is 4.84. The Morgan fingerprint density at radius 2 is 1.66 bits per heavy atom. The van der Waals surface area contributed by atoms with Crippen LogP contribution in [0.4, 0.5) is 5.69 Å². The molecule has 7 heteroatoms. The average Bonchev–Trinajstić information content (AvgIpc) is 3.79. The minimum Gasteiger partial charge on any atom is -0.496 e. The van der Waals surface area contributed by atoms with Crippen LogP contribution in [0.3, 0.4) is 0 Å². The third-order valence-corrected chi connectivity index (χ3v) is 16.3. The molecule has 3 saturated carbocycles. The Labute approximate surface area is 284 Å². The van der Waals surface area contributed by atoms with Gasteiger partial charge in [-0.25, -0.2) is 0 Å². The van der Waals surface area contributed by atoms with Crippen molar-refractivity contribution in [2.24, 2.45) is 11.8 Å². The lowest BCUT2D eigenvalue weighted by molar-refractivity contribution is -0.124. The van der Waals surface area contributed by atoms with Crippen LogP contribution >= 0.6 is 0 Å². The summed E-state index contributed by atoms with van der Waals surface area (Å²) >= 11 is 0. The number of benzene rings is 2. The van der Waals surface area contributed by atoms with Crippen molar-refractivity contribution < 1.29 is 14.0 Å². The van der Waals surface area contributed by atoms with Gasteiger partial charge in [0.1, 0.15) is 5.75 Å². The van der Waals surface area contributed by atoms with Crippen LogP contribution in [0.2, 0.25) is 18.1 Å². The van der Waals surface area contributed by atoms with E-state index >= 15 is 0 Å². The second kappa shape index (κ2) is 13.9. The smallest absolute Gasteiger partial charge is 0.230 e. The molecule has 3 aromatic rings. The molecule has 0 saturated heterocycles. The fourth-order valence-corrected chi connectivity index (χ4v) is 8.96. The van der Waals surface area contributed by atoms with Gasteiger partial charge in [-0.1, -0.05) is 45.0 Å². The molecule has 2 aromatic carbocycles. The zero-order valence-corrected chi connectivity index (χ0v) is 30.9. The van der Waals surface area contributed by atoms with E-state index in [2.05, 4.69) is 104 Å². The summed E-state index contributed by atoms with van der Waals surface area (Å²) in [6.45, 7) is 14.5.